The second-order valence-electron chi connectivity index (χ2n) is 7.80. The molecule has 0 bridgehead atoms. The lowest BCUT2D eigenvalue weighted by molar-refractivity contribution is -0.121. The zero-order valence-electron chi connectivity index (χ0n) is 17.9. The lowest BCUT2D eigenvalue weighted by atomic mass is 10.0. The number of nitriles is 1. The Balaban J connectivity index is 2.27. The predicted octanol–water partition coefficient (Wildman–Crippen LogP) is 4.04. The minimum Gasteiger partial charge on any atom is -0.357 e. The Morgan fingerprint density at radius 3 is 2.40 bits per heavy atom. The van der Waals surface area contributed by atoms with Crippen molar-refractivity contribution in [2.75, 3.05) is 25.0 Å². The highest BCUT2D eigenvalue weighted by Crippen LogP contribution is 2.35. The second-order valence-corrected chi connectivity index (χ2v) is 9.48. The number of carbonyl (C=O) groups is 1. The summed E-state index contributed by atoms with van der Waals surface area (Å²) in [5, 5.41) is 9.72. The Morgan fingerprint density at radius 2 is 1.87 bits per heavy atom. The summed E-state index contributed by atoms with van der Waals surface area (Å²) in [5.41, 5.74) is 1.35. The molecule has 2 aliphatic heterocycles. The maximum atomic E-state index is 13.2. The molecule has 160 valence electrons. The van der Waals surface area contributed by atoms with Crippen LogP contribution in [0, 0.1) is 18.3 Å². The smallest absolute Gasteiger partial charge is 0.270 e. The number of nitrogens with zero attached hydrogens (tertiary/aromatic N) is 4. The van der Waals surface area contributed by atoms with E-state index in [1.54, 1.807) is 11.6 Å². The fraction of sp³-hybridized carbons (Fsp3) is 0.545. The van der Waals surface area contributed by atoms with Gasteiger partial charge >= 0.3 is 0 Å². The number of likely N-dealkylation sites (N-methyl/N-ethyl adjacent to an activating group) is 1. The van der Waals surface area contributed by atoms with Crippen LogP contribution in [0.4, 0.5) is 5.82 Å². The molecule has 0 N–H and O–H groups in total. The SMILES string of the molecule is CCCCn1c(N2CCCCCC2)c(/C=C2\SC(=S)N(C)C2=O)c(C)c(C#N)c1=O. The van der Waals surface area contributed by atoms with Crippen LogP contribution in [0.15, 0.2) is 9.70 Å². The maximum Gasteiger partial charge on any atom is 0.270 e. The molecule has 2 fully saturated rings. The van der Waals surface area contributed by atoms with Crippen molar-refractivity contribution < 1.29 is 4.79 Å². The van der Waals surface area contributed by atoms with Crippen molar-refractivity contribution >= 4 is 46.1 Å². The molecule has 0 aromatic carbocycles. The molecule has 0 atom stereocenters. The molecule has 0 radical (unpaired) electrons. The fourth-order valence-electron chi connectivity index (χ4n) is 3.97. The van der Waals surface area contributed by atoms with Crippen LogP contribution in [0.3, 0.4) is 0 Å². The van der Waals surface area contributed by atoms with E-state index in [0.29, 0.717) is 21.3 Å². The first-order chi connectivity index (χ1) is 14.4. The summed E-state index contributed by atoms with van der Waals surface area (Å²) in [7, 11) is 1.67. The minimum atomic E-state index is -0.233. The quantitative estimate of drug-likeness (QED) is 0.504. The average molecular weight is 445 g/mol. The first kappa shape index (κ1) is 22.6. The molecule has 2 saturated heterocycles. The summed E-state index contributed by atoms with van der Waals surface area (Å²) in [5.74, 6) is 0.698. The molecule has 2 aliphatic rings. The molecule has 3 heterocycles. The van der Waals surface area contributed by atoms with Gasteiger partial charge in [0, 0.05) is 32.2 Å². The molecule has 8 heteroatoms. The van der Waals surface area contributed by atoms with Gasteiger partial charge in [0.25, 0.3) is 11.5 Å². The third-order valence-corrected chi connectivity index (χ3v) is 7.23. The minimum absolute atomic E-state index is 0.143. The summed E-state index contributed by atoms with van der Waals surface area (Å²) in [4.78, 5) is 30.2. The predicted molar refractivity (Wildman–Crippen MR) is 127 cm³/mol. The van der Waals surface area contributed by atoms with E-state index in [0.717, 1.165) is 50.2 Å². The monoisotopic (exact) mass is 444 g/mol. The normalized spacial score (nSPS) is 18.8. The Kier molecular flexibility index (Phi) is 7.37. The standard InChI is InChI=1S/C22H28N4O2S2/c1-4-5-12-26-19(25-10-8-6-7-9-11-25)16(15(2)17(14-23)20(26)27)13-18-21(28)24(3)22(29)30-18/h13H,4-12H2,1-3H3/b18-13-. The van der Waals surface area contributed by atoms with Crippen LogP contribution < -0.4 is 10.5 Å². The van der Waals surface area contributed by atoms with Gasteiger partial charge in [0.15, 0.2) is 0 Å². The molecule has 0 aliphatic carbocycles. The third-order valence-electron chi connectivity index (χ3n) is 5.75. The van der Waals surface area contributed by atoms with Gasteiger partial charge in [-0.05, 0) is 37.8 Å². The Morgan fingerprint density at radius 1 is 1.20 bits per heavy atom. The third kappa shape index (κ3) is 4.33. The number of hydrogen-bond donors (Lipinski definition) is 0. The van der Waals surface area contributed by atoms with Crippen LogP contribution in [0.5, 0.6) is 0 Å². The lowest BCUT2D eigenvalue weighted by Crippen LogP contribution is -2.35. The van der Waals surface area contributed by atoms with Crippen molar-refractivity contribution in [3.05, 3.63) is 31.9 Å². The van der Waals surface area contributed by atoms with Gasteiger partial charge < -0.3 is 4.90 Å². The first-order valence-electron chi connectivity index (χ1n) is 10.5. The van der Waals surface area contributed by atoms with Crippen LogP contribution in [-0.4, -0.2) is 39.8 Å². The zero-order chi connectivity index (χ0) is 21.8. The largest absolute Gasteiger partial charge is 0.357 e. The highest BCUT2D eigenvalue weighted by Gasteiger charge is 2.31. The van der Waals surface area contributed by atoms with Crippen molar-refractivity contribution in [3.63, 3.8) is 0 Å². The highest BCUT2D eigenvalue weighted by molar-refractivity contribution is 8.26. The number of thioether (sulfide) groups is 1. The molecule has 30 heavy (non-hydrogen) atoms. The fourth-order valence-corrected chi connectivity index (χ4v) is 5.13. The van der Waals surface area contributed by atoms with Gasteiger partial charge in [0.1, 0.15) is 21.8 Å². The molecular weight excluding hydrogens is 416 g/mol. The molecular formula is C22H28N4O2S2. The summed E-state index contributed by atoms with van der Waals surface area (Å²) < 4.78 is 2.28. The number of rotatable bonds is 5. The molecule has 0 unspecified atom stereocenters. The van der Waals surface area contributed by atoms with E-state index in [1.165, 1.54) is 29.5 Å². The van der Waals surface area contributed by atoms with Gasteiger partial charge in [-0.25, -0.2) is 0 Å². The number of hydrogen-bond acceptors (Lipinski definition) is 6. The van der Waals surface area contributed by atoms with Crippen LogP contribution in [-0.2, 0) is 11.3 Å². The summed E-state index contributed by atoms with van der Waals surface area (Å²) in [6.07, 6.45) is 8.12. The van der Waals surface area contributed by atoms with E-state index >= 15 is 0 Å². The molecule has 3 rings (SSSR count). The summed E-state index contributed by atoms with van der Waals surface area (Å²) >= 11 is 6.55. The number of pyridine rings is 1. The van der Waals surface area contributed by atoms with E-state index in [-0.39, 0.29) is 17.0 Å². The molecule has 0 spiro atoms. The van der Waals surface area contributed by atoms with E-state index in [2.05, 4.69) is 17.9 Å². The zero-order valence-corrected chi connectivity index (χ0v) is 19.5. The summed E-state index contributed by atoms with van der Waals surface area (Å²) in [6, 6.07) is 2.11. The number of amides is 1. The number of anilines is 1. The van der Waals surface area contributed by atoms with Crippen molar-refractivity contribution in [2.45, 2.75) is 58.9 Å². The van der Waals surface area contributed by atoms with E-state index in [1.807, 2.05) is 13.0 Å². The molecule has 6 nitrogen and oxygen atoms in total. The van der Waals surface area contributed by atoms with Gasteiger partial charge in [-0.15, -0.1) is 0 Å². The van der Waals surface area contributed by atoms with Gasteiger partial charge in [-0.3, -0.25) is 19.1 Å². The molecule has 1 aromatic heterocycles. The van der Waals surface area contributed by atoms with Crippen molar-refractivity contribution in [1.29, 1.82) is 5.26 Å². The van der Waals surface area contributed by atoms with Crippen LogP contribution in [0.2, 0.25) is 0 Å². The molecule has 1 amide bonds. The van der Waals surface area contributed by atoms with Gasteiger partial charge in [-0.1, -0.05) is 50.2 Å². The van der Waals surface area contributed by atoms with Crippen LogP contribution >= 0.6 is 24.0 Å². The van der Waals surface area contributed by atoms with E-state index in [9.17, 15) is 14.9 Å². The first-order valence-corrected chi connectivity index (χ1v) is 11.8. The highest BCUT2D eigenvalue weighted by atomic mass is 32.2. The average Bonchev–Trinajstić information content (AvgIpc) is 2.92. The Bertz CT molecular complexity index is 982. The lowest BCUT2D eigenvalue weighted by Gasteiger charge is -2.29. The Hall–Kier alpha value is -2.11. The van der Waals surface area contributed by atoms with Gasteiger partial charge in [0.05, 0.1) is 4.91 Å². The van der Waals surface area contributed by atoms with Gasteiger partial charge in [0.2, 0.25) is 0 Å². The second kappa shape index (κ2) is 9.80. The van der Waals surface area contributed by atoms with Crippen molar-refractivity contribution in [3.8, 4) is 6.07 Å². The Labute approximate surface area is 187 Å². The summed E-state index contributed by atoms with van der Waals surface area (Å²) in [6.45, 7) is 6.19. The number of aromatic nitrogens is 1. The molecule has 1 aromatic rings. The molecule has 0 saturated carbocycles. The maximum absolute atomic E-state index is 13.2. The topological polar surface area (TPSA) is 69.3 Å². The van der Waals surface area contributed by atoms with Gasteiger partial charge in [-0.2, -0.15) is 5.26 Å². The number of thiocarbonyl (C=S) groups is 1. The van der Waals surface area contributed by atoms with Crippen LogP contribution in [0.1, 0.15) is 62.1 Å². The van der Waals surface area contributed by atoms with Crippen molar-refractivity contribution in [2.24, 2.45) is 0 Å². The van der Waals surface area contributed by atoms with E-state index < -0.39 is 0 Å². The van der Waals surface area contributed by atoms with Crippen LogP contribution in [0.25, 0.3) is 6.08 Å². The number of unbranched alkanes of at least 4 members (excludes halogenated alkanes) is 1. The van der Waals surface area contributed by atoms with Crippen molar-refractivity contribution in [1.82, 2.24) is 9.47 Å². The number of carbonyl (C=O) groups excluding carboxylic acids is 1. The van der Waals surface area contributed by atoms with E-state index in [4.69, 9.17) is 12.2 Å².